The van der Waals surface area contributed by atoms with Crippen LogP contribution in [0.15, 0.2) is 42.6 Å². The number of carbonyl (C=O) groups excluding carboxylic acids is 1. The molecule has 0 radical (unpaired) electrons. The van der Waals surface area contributed by atoms with Gasteiger partial charge in [0.25, 0.3) is 5.91 Å². The zero-order chi connectivity index (χ0) is 21.0. The maximum atomic E-state index is 13.7. The summed E-state index contributed by atoms with van der Waals surface area (Å²) in [7, 11) is 1.34. The van der Waals surface area contributed by atoms with Gasteiger partial charge in [-0.25, -0.2) is 4.68 Å². The van der Waals surface area contributed by atoms with E-state index in [9.17, 15) is 18.0 Å². The fourth-order valence-electron chi connectivity index (χ4n) is 2.49. The molecular formula is C18H13F3N6O2. The van der Waals surface area contributed by atoms with Gasteiger partial charge in [0.15, 0.2) is 11.5 Å². The Hall–Kier alpha value is -3.94. The number of ether oxygens (including phenoxy) is 1. The van der Waals surface area contributed by atoms with Crippen LogP contribution in [0, 0.1) is 11.3 Å². The maximum Gasteiger partial charge on any atom is 0.434 e. The Labute approximate surface area is 162 Å². The minimum Gasteiger partial charge on any atom is -0.480 e. The van der Waals surface area contributed by atoms with Crippen molar-refractivity contribution in [3.8, 4) is 17.8 Å². The topological polar surface area (TPSA) is 106 Å². The van der Waals surface area contributed by atoms with Gasteiger partial charge in [0.1, 0.15) is 0 Å². The molecule has 0 aliphatic rings. The van der Waals surface area contributed by atoms with Gasteiger partial charge < -0.3 is 10.1 Å². The Bertz CT molecular complexity index is 1050. The van der Waals surface area contributed by atoms with Crippen LogP contribution in [0.2, 0.25) is 0 Å². The second-order valence-corrected chi connectivity index (χ2v) is 5.74. The van der Waals surface area contributed by atoms with Gasteiger partial charge in [-0.15, -0.1) is 10.2 Å². The molecule has 0 aliphatic carbocycles. The van der Waals surface area contributed by atoms with E-state index in [0.717, 1.165) is 6.20 Å². The van der Waals surface area contributed by atoms with Crippen LogP contribution in [0.25, 0.3) is 5.82 Å². The van der Waals surface area contributed by atoms with E-state index in [-0.39, 0.29) is 23.8 Å². The lowest BCUT2D eigenvalue weighted by atomic mass is 10.1. The molecule has 0 atom stereocenters. The number of nitrogens with one attached hydrogen (secondary N) is 1. The normalized spacial score (nSPS) is 11.0. The summed E-state index contributed by atoms with van der Waals surface area (Å²) < 4.78 is 46.3. The van der Waals surface area contributed by atoms with E-state index in [1.165, 1.54) is 31.4 Å². The molecule has 0 fully saturated rings. The predicted octanol–water partition coefficient (Wildman–Crippen LogP) is 3.01. The van der Waals surface area contributed by atoms with Gasteiger partial charge in [-0.1, -0.05) is 12.1 Å². The van der Waals surface area contributed by atoms with E-state index < -0.39 is 23.3 Å². The van der Waals surface area contributed by atoms with Crippen molar-refractivity contribution in [2.45, 2.75) is 12.6 Å². The number of aromatic nitrogens is 4. The zero-order valence-corrected chi connectivity index (χ0v) is 14.9. The highest BCUT2D eigenvalue weighted by Gasteiger charge is 2.41. The van der Waals surface area contributed by atoms with E-state index in [2.05, 4.69) is 20.6 Å². The first-order valence-electron chi connectivity index (χ1n) is 8.14. The van der Waals surface area contributed by atoms with Crippen molar-refractivity contribution < 1.29 is 22.7 Å². The molecule has 3 rings (SSSR count). The molecule has 2 aromatic heterocycles. The molecular weight excluding hydrogens is 389 g/mol. The van der Waals surface area contributed by atoms with Crippen LogP contribution in [0.4, 0.5) is 18.9 Å². The smallest absolute Gasteiger partial charge is 0.434 e. The second kappa shape index (κ2) is 7.97. The van der Waals surface area contributed by atoms with Crippen LogP contribution in [0.1, 0.15) is 21.6 Å². The van der Waals surface area contributed by atoms with E-state index in [4.69, 9.17) is 10.00 Å². The van der Waals surface area contributed by atoms with Crippen molar-refractivity contribution in [2.75, 3.05) is 12.4 Å². The lowest BCUT2D eigenvalue weighted by molar-refractivity contribution is -0.143. The number of nitrogens with zero attached hydrogens (tertiary/aromatic N) is 5. The first kappa shape index (κ1) is 19.8. The number of hydrogen-bond acceptors (Lipinski definition) is 6. The van der Waals surface area contributed by atoms with E-state index in [0.29, 0.717) is 10.2 Å². The number of benzene rings is 1. The number of anilines is 1. The Morgan fingerprint density at radius 2 is 1.93 bits per heavy atom. The number of carbonyl (C=O) groups is 1. The number of rotatable bonds is 5. The zero-order valence-electron chi connectivity index (χ0n) is 14.9. The SMILES string of the molecule is COc1ccc(-n2ncc(C(=O)Nc3ccc(CC#N)cc3)c2C(F)(F)F)nn1. The minimum absolute atomic E-state index is 0.118. The van der Waals surface area contributed by atoms with Crippen LogP contribution in [0.5, 0.6) is 5.88 Å². The summed E-state index contributed by atoms with van der Waals surface area (Å²) in [6.45, 7) is 0. The Morgan fingerprint density at radius 1 is 1.21 bits per heavy atom. The van der Waals surface area contributed by atoms with Gasteiger partial charge in [-0.2, -0.15) is 23.5 Å². The van der Waals surface area contributed by atoms with Crippen LogP contribution < -0.4 is 10.1 Å². The Kier molecular flexibility index (Phi) is 5.45. The minimum atomic E-state index is -4.87. The molecule has 148 valence electrons. The second-order valence-electron chi connectivity index (χ2n) is 5.74. The molecule has 1 aromatic carbocycles. The monoisotopic (exact) mass is 402 g/mol. The molecule has 29 heavy (non-hydrogen) atoms. The summed E-state index contributed by atoms with van der Waals surface area (Å²) in [6.07, 6.45) is -3.88. The molecule has 1 N–H and O–H groups in total. The first-order valence-corrected chi connectivity index (χ1v) is 8.14. The van der Waals surface area contributed by atoms with Gasteiger partial charge in [-0.05, 0) is 23.8 Å². The highest BCUT2D eigenvalue weighted by Crippen LogP contribution is 2.33. The summed E-state index contributed by atoms with van der Waals surface area (Å²) >= 11 is 0. The van der Waals surface area contributed by atoms with Gasteiger partial charge in [-0.3, -0.25) is 4.79 Å². The number of halogens is 3. The number of methoxy groups -OCH3 is 1. The van der Waals surface area contributed by atoms with Crippen molar-refractivity contribution in [1.29, 1.82) is 5.26 Å². The van der Waals surface area contributed by atoms with Gasteiger partial charge in [0.2, 0.25) is 5.88 Å². The van der Waals surface area contributed by atoms with Crippen molar-refractivity contribution in [3.63, 3.8) is 0 Å². The Balaban J connectivity index is 1.93. The molecule has 0 bridgehead atoms. The van der Waals surface area contributed by atoms with Crippen LogP contribution >= 0.6 is 0 Å². The van der Waals surface area contributed by atoms with Crippen LogP contribution in [0.3, 0.4) is 0 Å². The molecule has 0 aliphatic heterocycles. The molecule has 0 spiro atoms. The molecule has 8 nitrogen and oxygen atoms in total. The van der Waals surface area contributed by atoms with Crippen molar-refractivity contribution in [2.24, 2.45) is 0 Å². The molecule has 0 unspecified atom stereocenters. The highest BCUT2D eigenvalue weighted by molar-refractivity contribution is 6.05. The lowest BCUT2D eigenvalue weighted by Crippen LogP contribution is -2.21. The molecule has 1 amide bonds. The number of nitriles is 1. The third-order valence-corrected chi connectivity index (χ3v) is 3.83. The largest absolute Gasteiger partial charge is 0.480 e. The standard InChI is InChI=1S/C18H13F3N6O2/c1-29-15-7-6-14(25-26-15)27-16(18(19,20)21)13(10-23-27)17(28)24-12-4-2-11(3-5-12)8-9-22/h2-7,10H,8H2,1H3,(H,24,28). The van der Waals surface area contributed by atoms with Gasteiger partial charge in [0, 0.05) is 11.8 Å². The van der Waals surface area contributed by atoms with Crippen molar-refractivity contribution in [3.05, 3.63) is 59.4 Å². The highest BCUT2D eigenvalue weighted by atomic mass is 19.4. The third kappa shape index (κ3) is 4.32. The average Bonchev–Trinajstić information content (AvgIpc) is 3.16. The quantitative estimate of drug-likeness (QED) is 0.703. The summed E-state index contributed by atoms with van der Waals surface area (Å²) in [6, 6.07) is 10.7. The number of hydrogen-bond donors (Lipinski definition) is 1. The fraction of sp³-hybridized carbons (Fsp3) is 0.167. The molecule has 2 heterocycles. The van der Waals surface area contributed by atoms with Crippen molar-refractivity contribution >= 4 is 11.6 Å². The average molecular weight is 402 g/mol. The van der Waals surface area contributed by atoms with E-state index in [1.54, 1.807) is 12.1 Å². The number of amides is 1. The van der Waals surface area contributed by atoms with Gasteiger partial charge >= 0.3 is 6.18 Å². The summed E-state index contributed by atoms with van der Waals surface area (Å²) in [5, 5.41) is 22.0. The van der Waals surface area contributed by atoms with Crippen molar-refractivity contribution in [1.82, 2.24) is 20.0 Å². The van der Waals surface area contributed by atoms with Crippen LogP contribution in [-0.2, 0) is 12.6 Å². The van der Waals surface area contributed by atoms with E-state index >= 15 is 0 Å². The molecule has 3 aromatic rings. The van der Waals surface area contributed by atoms with Crippen LogP contribution in [-0.4, -0.2) is 33.0 Å². The maximum absolute atomic E-state index is 13.7. The molecule has 11 heteroatoms. The first-order chi connectivity index (χ1) is 13.8. The Morgan fingerprint density at radius 3 is 2.48 bits per heavy atom. The molecule has 0 saturated carbocycles. The van der Waals surface area contributed by atoms with E-state index in [1.807, 2.05) is 6.07 Å². The summed E-state index contributed by atoms with van der Waals surface area (Å²) in [4.78, 5) is 12.5. The lowest BCUT2D eigenvalue weighted by Gasteiger charge is -2.12. The summed E-state index contributed by atoms with van der Waals surface area (Å²) in [5.74, 6) is -1.09. The summed E-state index contributed by atoms with van der Waals surface area (Å²) in [5.41, 5.74) is -0.957. The van der Waals surface area contributed by atoms with Gasteiger partial charge in [0.05, 0.1) is 31.4 Å². The molecule has 0 saturated heterocycles. The predicted molar refractivity (Wildman–Crippen MR) is 94.4 cm³/mol. The number of alkyl halides is 3. The fourth-order valence-corrected chi connectivity index (χ4v) is 2.49. The third-order valence-electron chi connectivity index (χ3n) is 3.83.